The van der Waals surface area contributed by atoms with Gasteiger partial charge in [0, 0.05) is 23.5 Å². The fraction of sp³-hybridized carbons (Fsp3) is 0.118. The van der Waals surface area contributed by atoms with E-state index < -0.39 is 0 Å². The number of rotatable bonds is 5. The van der Waals surface area contributed by atoms with E-state index in [0.29, 0.717) is 18.0 Å². The van der Waals surface area contributed by atoms with Crippen molar-refractivity contribution in [1.82, 2.24) is 0 Å². The van der Waals surface area contributed by atoms with Crippen LogP contribution in [0.1, 0.15) is 12.5 Å². The smallest absolute Gasteiger partial charge is 0.248 e. The largest absolute Gasteiger partial charge is 0.494 e. The molecule has 0 aliphatic rings. The summed E-state index contributed by atoms with van der Waals surface area (Å²) in [7, 11) is 0. The first-order valence-corrected chi connectivity index (χ1v) is 6.75. The quantitative estimate of drug-likeness (QED) is 0.653. The van der Waals surface area contributed by atoms with Gasteiger partial charge < -0.3 is 15.8 Å². The molecule has 0 radical (unpaired) electrons. The van der Waals surface area contributed by atoms with Gasteiger partial charge in [-0.1, -0.05) is 18.2 Å². The molecule has 0 aromatic heterocycles. The highest BCUT2D eigenvalue weighted by Gasteiger charge is 2.00. The number of hydrogen-bond acceptors (Lipinski definition) is 3. The lowest BCUT2D eigenvalue weighted by atomic mass is 10.2. The van der Waals surface area contributed by atoms with Crippen molar-refractivity contribution >= 4 is 23.4 Å². The Bertz CT molecular complexity index is 651. The van der Waals surface area contributed by atoms with Gasteiger partial charge >= 0.3 is 0 Å². The predicted molar refractivity (Wildman–Crippen MR) is 86.1 cm³/mol. The van der Waals surface area contributed by atoms with Crippen LogP contribution in [0.3, 0.4) is 0 Å². The second kappa shape index (κ2) is 7.14. The number of nitrogens with one attached hydrogen (secondary N) is 1. The lowest BCUT2D eigenvalue weighted by Gasteiger charge is -2.06. The molecule has 4 heteroatoms. The molecule has 2 aromatic rings. The summed E-state index contributed by atoms with van der Waals surface area (Å²) in [5.41, 5.74) is 7.93. The molecule has 0 saturated heterocycles. The number of amides is 1. The summed E-state index contributed by atoms with van der Waals surface area (Å²) in [6.45, 7) is 2.51. The molecule has 0 unspecified atom stereocenters. The zero-order chi connectivity index (χ0) is 15.1. The molecule has 0 atom stereocenters. The molecule has 4 nitrogen and oxygen atoms in total. The Morgan fingerprint density at radius 2 is 2.05 bits per heavy atom. The normalized spacial score (nSPS) is 10.5. The Kier molecular flexibility index (Phi) is 4.99. The summed E-state index contributed by atoms with van der Waals surface area (Å²) in [4.78, 5) is 11.9. The zero-order valence-corrected chi connectivity index (χ0v) is 11.9. The highest BCUT2D eigenvalue weighted by molar-refractivity contribution is 6.02. The van der Waals surface area contributed by atoms with Crippen molar-refractivity contribution in [2.45, 2.75) is 6.92 Å². The number of ether oxygens (including phenoxy) is 1. The molecule has 108 valence electrons. The van der Waals surface area contributed by atoms with E-state index in [1.54, 1.807) is 24.3 Å². The predicted octanol–water partition coefficient (Wildman–Crippen LogP) is 3.32. The van der Waals surface area contributed by atoms with Gasteiger partial charge in [0.05, 0.1) is 6.61 Å². The first-order valence-electron chi connectivity index (χ1n) is 6.75. The van der Waals surface area contributed by atoms with Crippen LogP contribution in [0.2, 0.25) is 0 Å². The van der Waals surface area contributed by atoms with E-state index in [0.717, 1.165) is 11.3 Å². The molecule has 0 bridgehead atoms. The van der Waals surface area contributed by atoms with E-state index in [1.165, 1.54) is 6.08 Å². The second-order valence-electron chi connectivity index (χ2n) is 4.45. The first kappa shape index (κ1) is 14.7. The highest BCUT2D eigenvalue weighted by Crippen LogP contribution is 2.17. The molecule has 0 aliphatic carbocycles. The molecule has 0 spiro atoms. The van der Waals surface area contributed by atoms with Crippen LogP contribution >= 0.6 is 0 Å². The lowest BCUT2D eigenvalue weighted by Crippen LogP contribution is -2.07. The van der Waals surface area contributed by atoms with Gasteiger partial charge in [-0.15, -0.1) is 0 Å². The Labute approximate surface area is 124 Å². The summed E-state index contributed by atoms with van der Waals surface area (Å²) in [5.74, 6) is 0.529. The molecule has 21 heavy (non-hydrogen) atoms. The van der Waals surface area contributed by atoms with Crippen molar-refractivity contribution in [3.8, 4) is 5.75 Å². The molecular weight excluding hydrogens is 264 g/mol. The van der Waals surface area contributed by atoms with E-state index in [9.17, 15) is 4.79 Å². The van der Waals surface area contributed by atoms with Crippen LogP contribution in [-0.4, -0.2) is 12.5 Å². The monoisotopic (exact) mass is 282 g/mol. The minimum atomic E-state index is -0.203. The molecule has 0 aliphatic heterocycles. The minimum Gasteiger partial charge on any atom is -0.494 e. The number of nitrogens with two attached hydrogens (primary N) is 1. The number of hydrogen-bond donors (Lipinski definition) is 2. The average molecular weight is 282 g/mol. The Morgan fingerprint density at radius 3 is 2.81 bits per heavy atom. The van der Waals surface area contributed by atoms with Crippen LogP contribution in [0.5, 0.6) is 5.75 Å². The topological polar surface area (TPSA) is 64.3 Å². The van der Waals surface area contributed by atoms with Crippen molar-refractivity contribution in [2.75, 3.05) is 17.7 Å². The second-order valence-corrected chi connectivity index (χ2v) is 4.45. The minimum absolute atomic E-state index is 0.203. The van der Waals surface area contributed by atoms with Crippen molar-refractivity contribution in [3.63, 3.8) is 0 Å². The van der Waals surface area contributed by atoms with Crippen molar-refractivity contribution in [3.05, 3.63) is 60.2 Å². The Balaban J connectivity index is 1.99. The van der Waals surface area contributed by atoms with Gasteiger partial charge in [-0.25, -0.2) is 0 Å². The van der Waals surface area contributed by atoms with Crippen molar-refractivity contribution in [2.24, 2.45) is 0 Å². The molecule has 3 N–H and O–H groups in total. The van der Waals surface area contributed by atoms with E-state index in [1.807, 2.05) is 37.3 Å². The molecule has 2 aromatic carbocycles. The third-order valence-electron chi connectivity index (χ3n) is 2.75. The zero-order valence-electron chi connectivity index (χ0n) is 11.9. The highest BCUT2D eigenvalue weighted by atomic mass is 16.5. The first-order chi connectivity index (χ1) is 10.2. The van der Waals surface area contributed by atoms with Gasteiger partial charge in [0.15, 0.2) is 0 Å². The maximum atomic E-state index is 11.9. The summed E-state index contributed by atoms with van der Waals surface area (Å²) < 4.78 is 5.39. The SMILES string of the molecule is CCOc1cccc(NC(=O)/C=C/c2cccc(N)c2)c1. The van der Waals surface area contributed by atoms with Gasteiger partial charge in [-0.3, -0.25) is 4.79 Å². The van der Waals surface area contributed by atoms with Gasteiger partial charge in [-0.2, -0.15) is 0 Å². The Hall–Kier alpha value is -2.75. The molecule has 1 amide bonds. The van der Waals surface area contributed by atoms with E-state index >= 15 is 0 Å². The molecule has 0 fully saturated rings. The van der Waals surface area contributed by atoms with Gasteiger partial charge in [0.1, 0.15) is 5.75 Å². The summed E-state index contributed by atoms with van der Waals surface area (Å²) in [6.07, 6.45) is 3.19. The third kappa shape index (κ3) is 4.69. The summed E-state index contributed by atoms with van der Waals surface area (Å²) in [5, 5.41) is 2.79. The number of carbonyl (C=O) groups is 1. The van der Waals surface area contributed by atoms with Gasteiger partial charge in [0.2, 0.25) is 5.91 Å². The van der Waals surface area contributed by atoms with Gasteiger partial charge in [-0.05, 0) is 42.8 Å². The van der Waals surface area contributed by atoms with E-state index in [4.69, 9.17) is 10.5 Å². The van der Waals surface area contributed by atoms with Crippen LogP contribution in [0, 0.1) is 0 Å². The number of nitrogen functional groups attached to an aromatic ring is 1. The van der Waals surface area contributed by atoms with E-state index in [-0.39, 0.29) is 5.91 Å². The molecule has 0 heterocycles. The molecule has 2 rings (SSSR count). The third-order valence-corrected chi connectivity index (χ3v) is 2.75. The van der Waals surface area contributed by atoms with Crippen LogP contribution in [0.4, 0.5) is 11.4 Å². The van der Waals surface area contributed by atoms with Crippen LogP contribution in [0.25, 0.3) is 6.08 Å². The van der Waals surface area contributed by atoms with E-state index in [2.05, 4.69) is 5.32 Å². The molecular formula is C17H18N2O2. The standard InChI is InChI=1S/C17H18N2O2/c1-2-21-16-8-4-7-15(12-16)19-17(20)10-9-13-5-3-6-14(18)11-13/h3-12H,2,18H2,1H3,(H,19,20)/b10-9+. The lowest BCUT2D eigenvalue weighted by molar-refractivity contribution is -0.111. The molecule has 0 saturated carbocycles. The van der Waals surface area contributed by atoms with Crippen LogP contribution < -0.4 is 15.8 Å². The van der Waals surface area contributed by atoms with Crippen LogP contribution in [-0.2, 0) is 4.79 Å². The average Bonchev–Trinajstić information content (AvgIpc) is 2.46. The van der Waals surface area contributed by atoms with Gasteiger partial charge in [0.25, 0.3) is 0 Å². The van der Waals surface area contributed by atoms with Crippen molar-refractivity contribution in [1.29, 1.82) is 0 Å². The summed E-state index contributed by atoms with van der Waals surface area (Å²) >= 11 is 0. The maximum Gasteiger partial charge on any atom is 0.248 e. The Morgan fingerprint density at radius 1 is 1.24 bits per heavy atom. The number of benzene rings is 2. The van der Waals surface area contributed by atoms with Crippen molar-refractivity contribution < 1.29 is 9.53 Å². The summed E-state index contributed by atoms with van der Waals surface area (Å²) in [6, 6.07) is 14.6. The fourth-order valence-corrected chi connectivity index (χ4v) is 1.85. The van der Waals surface area contributed by atoms with Crippen LogP contribution in [0.15, 0.2) is 54.6 Å². The number of anilines is 2. The number of carbonyl (C=O) groups excluding carboxylic acids is 1. The maximum absolute atomic E-state index is 11.9. The fourth-order valence-electron chi connectivity index (χ4n) is 1.85.